The van der Waals surface area contributed by atoms with E-state index < -0.39 is 30.8 Å². The Labute approximate surface area is 102 Å². The summed E-state index contributed by atoms with van der Waals surface area (Å²) in [6.45, 7) is 0.275. The number of ether oxygens (including phenoxy) is 1. The zero-order valence-corrected chi connectivity index (χ0v) is 10.6. The molecule has 0 saturated heterocycles. The standard InChI is InChI=1S/C11H11F2IO2/c1-14-11(12,13)8-4-2-3-7-9(15)5-6-16-10(7)8/h2-4,9,15H,1,5-6H2. The highest BCUT2D eigenvalue weighted by Crippen LogP contribution is 2.46. The summed E-state index contributed by atoms with van der Waals surface area (Å²) >= 11 is -1.49. The summed E-state index contributed by atoms with van der Waals surface area (Å²) in [5.41, 5.74) is 0.326. The average Bonchev–Trinajstić information content (AvgIpc) is 2.29. The Morgan fingerprint density at radius 1 is 1.50 bits per heavy atom. The Morgan fingerprint density at radius 3 is 2.94 bits per heavy atom. The molecule has 0 aliphatic carbocycles. The third-order valence-electron chi connectivity index (χ3n) is 2.52. The first-order valence-electron chi connectivity index (χ1n) is 4.78. The van der Waals surface area contributed by atoms with Gasteiger partial charge in [0.15, 0.2) is 0 Å². The molecule has 1 N–H and O–H groups in total. The molecule has 0 spiro atoms. The lowest BCUT2D eigenvalue weighted by atomic mass is 10.00. The van der Waals surface area contributed by atoms with Crippen molar-refractivity contribution in [2.45, 2.75) is 16.5 Å². The van der Waals surface area contributed by atoms with Gasteiger partial charge in [-0.1, -0.05) is 16.6 Å². The lowest BCUT2D eigenvalue weighted by Gasteiger charge is -2.26. The van der Waals surface area contributed by atoms with Crippen LogP contribution in [-0.4, -0.2) is 16.2 Å². The van der Waals surface area contributed by atoms with Crippen molar-refractivity contribution in [2.75, 3.05) is 6.61 Å². The van der Waals surface area contributed by atoms with E-state index in [1.54, 1.807) is 6.07 Å². The first-order valence-corrected chi connectivity index (χ1v) is 7.38. The lowest BCUT2D eigenvalue weighted by molar-refractivity contribution is 0.0981. The molecule has 1 aliphatic rings. The quantitative estimate of drug-likeness (QED) is 0.663. The van der Waals surface area contributed by atoms with Crippen LogP contribution in [-0.2, 0) is 3.93 Å². The molecule has 0 fully saturated rings. The number of hydrogen-bond acceptors (Lipinski definition) is 2. The normalized spacial score (nSPS) is 20.1. The second kappa shape index (κ2) is 4.37. The second-order valence-electron chi connectivity index (χ2n) is 3.51. The fourth-order valence-corrected chi connectivity index (χ4v) is 2.54. The lowest BCUT2D eigenvalue weighted by Crippen LogP contribution is -2.18. The molecule has 0 amide bonds. The molecule has 1 atom stereocenters. The Morgan fingerprint density at radius 2 is 2.25 bits per heavy atom. The minimum Gasteiger partial charge on any atom is -0.493 e. The summed E-state index contributed by atoms with van der Waals surface area (Å²) in [6, 6.07) is 4.50. The summed E-state index contributed by atoms with van der Waals surface area (Å²) in [7, 11) is 0. The summed E-state index contributed by atoms with van der Waals surface area (Å²) in [6.07, 6.45) is -0.260. The van der Waals surface area contributed by atoms with Gasteiger partial charge in [-0.15, -0.1) is 0 Å². The summed E-state index contributed by atoms with van der Waals surface area (Å²) in [4.78, 5) is 0. The van der Waals surface area contributed by atoms with Crippen molar-refractivity contribution < 1.29 is 18.6 Å². The van der Waals surface area contributed by atoms with Crippen molar-refractivity contribution in [3.8, 4) is 5.75 Å². The van der Waals surface area contributed by atoms with Gasteiger partial charge in [-0.3, -0.25) is 0 Å². The van der Waals surface area contributed by atoms with Gasteiger partial charge >= 0.3 is 3.93 Å². The number of fused-ring (bicyclic) bond motifs is 1. The van der Waals surface area contributed by atoms with Crippen LogP contribution in [0.25, 0.3) is 0 Å². The molecule has 88 valence electrons. The van der Waals surface area contributed by atoms with Crippen molar-refractivity contribution in [3.05, 3.63) is 29.3 Å². The van der Waals surface area contributed by atoms with Gasteiger partial charge < -0.3 is 9.84 Å². The van der Waals surface area contributed by atoms with Gasteiger partial charge in [0.05, 0.1) is 18.3 Å². The van der Waals surface area contributed by atoms with E-state index >= 15 is 0 Å². The van der Waals surface area contributed by atoms with Gasteiger partial charge in [0.2, 0.25) is 0 Å². The van der Waals surface area contributed by atoms with Gasteiger partial charge in [-0.25, -0.2) is 0 Å². The van der Waals surface area contributed by atoms with Crippen LogP contribution in [0, 0.1) is 0 Å². The Kier molecular flexibility index (Phi) is 3.25. The van der Waals surface area contributed by atoms with Crippen molar-refractivity contribution in [1.82, 2.24) is 0 Å². The molecule has 16 heavy (non-hydrogen) atoms. The van der Waals surface area contributed by atoms with Crippen LogP contribution < -0.4 is 4.74 Å². The molecule has 2 rings (SSSR count). The molecule has 0 aromatic heterocycles. The number of para-hydroxylation sites is 1. The zero-order chi connectivity index (χ0) is 11.8. The smallest absolute Gasteiger partial charge is 0.319 e. The van der Waals surface area contributed by atoms with Gasteiger partial charge in [-0.2, -0.15) is 8.78 Å². The Hall–Kier alpha value is -0.560. The van der Waals surface area contributed by atoms with Crippen LogP contribution in [0.3, 0.4) is 0 Å². The molecular formula is C11H11F2IO2. The minimum absolute atomic E-state index is 0.133. The topological polar surface area (TPSA) is 29.5 Å². The fraction of sp³-hybridized carbons (Fsp3) is 0.364. The highest BCUT2D eigenvalue weighted by atomic mass is 127. The predicted molar refractivity (Wildman–Crippen MR) is 66.5 cm³/mol. The number of aliphatic hydroxyl groups excluding tert-OH is 1. The number of hydrogen-bond donors (Lipinski definition) is 1. The number of benzene rings is 1. The van der Waals surface area contributed by atoms with Crippen LogP contribution in [0.5, 0.6) is 5.75 Å². The van der Waals surface area contributed by atoms with Crippen molar-refractivity contribution in [1.29, 1.82) is 0 Å². The molecule has 0 saturated carbocycles. The molecule has 1 aromatic rings. The Balaban J connectivity index is 2.56. The van der Waals surface area contributed by atoms with E-state index in [0.717, 1.165) is 0 Å². The maximum Gasteiger partial charge on any atom is 0.319 e. The highest BCUT2D eigenvalue weighted by Gasteiger charge is 2.35. The van der Waals surface area contributed by atoms with E-state index in [9.17, 15) is 13.9 Å². The molecule has 1 aromatic carbocycles. The molecule has 0 bridgehead atoms. The molecular weight excluding hydrogens is 329 g/mol. The third-order valence-corrected chi connectivity index (χ3v) is 4.05. The summed E-state index contributed by atoms with van der Waals surface area (Å²) in [5.74, 6) is 0.148. The van der Waals surface area contributed by atoms with Crippen LogP contribution >= 0.6 is 20.7 Å². The summed E-state index contributed by atoms with van der Waals surface area (Å²) < 4.78 is 33.0. The SMILES string of the molecule is C=IC(F)(F)c1cccc2c1OCCC2O. The molecule has 5 heteroatoms. The molecule has 1 aliphatic heterocycles. The van der Waals surface area contributed by atoms with Crippen LogP contribution in [0.4, 0.5) is 8.78 Å². The van der Waals surface area contributed by atoms with E-state index in [2.05, 4.69) is 4.51 Å². The predicted octanol–water partition coefficient (Wildman–Crippen LogP) is 2.95. The van der Waals surface area contributed by atoms with Crippen LogP contribution in [0.2, 0.25) is 0 Å². The molecule has 2 nitrogen and oxygen atoms in total. The van der Waals surface area contributed by atoms with Crippen molar-refractivity contribution in [3.63, 3.8) is 0 Å². The molecule has 0 radical (unpaired) electrons. The first-order chi connectivity index (χ1) is 7.56. The van der Waals surface area contributed by atoms with Gasteiger partial charge in [-0.05, 0) is 26.8 Å². The highest BCUT2D eigenvalue weighted by molar-refractivity contribution is 14.2. The minimum atomic E-state index is -2.90. The number of rotatable bonds is 2. The van der Waals surface area contributed by atoms with E-state index in [4.69, 9.17) is 4.74 Å². The van der Waals surface area contributed by atoms with Crippen LogP contribution in [0.15, 0.2) is 18.2 Å². The van der Waals surface area contributed by atoms with Crippen molar-refractivity contribution in [2.24, 2.45) is 0 Å². The maximum absolute atomic E-state index is 13.6. The van der Waals surface area contributed by atoms with E-state index in [-0.39, 0.29) is 17.9 Å². The van der Waals surface area contributed by atoms with Gasteiger partial charge in [0.1, 0.15) is 5.75 Å². The van der Waals surface area contributed by atoms with E-state index in [0.29, 0.717) is 12.0 Å². The third kappa shape index (κ3) is 1.98. The second-order valence-corrected chi connectivity index (χ2v) is 5.63. The molecule has 1 heterocycles. The largest absolute Gasteiger partial charge is 0.493 e. The molecule has 1 unspecified atom stereocenters. The van der Waals surface area contributed by atoms with Gasteiger partial charge in [0.25, 0.3) is 0 Å². The number of alkyl halides is 3. The van der Waals surface area contributed by atoms with Crippen molar-refractivity contribution >= 4 is 25.2 Å². The van der Waals surface area contributed by atoms with E-state index in [1.807, 2.05) is 0 Å². The number of halogens is 3. The average molecular weight is 340 g/mol. The monoisotopic (exact) mass is 340 g/mol. The first kappa shape index (κ1) is 11.9. The summed E-state index contributed by atoms with van der Waals surface area (Å²) in [5, 5.41) is 9.69. The van der Waals surface area contributed by atoms with Gasteiger partial charge in [0, 0.05) is 12.0 Å². The fourth-order valence-electron chi connectivity index (χ4n) is 1.70. The maximum atomic E-state index is 13.6. The van der Waals surface area contributed by atoms with Crippen LogP contribution in [0.1, 0.15) is 23.7 Å². The van der Waals surface area contributed by atoms with E-state index in [1.165, 1.54) is 12.1 Å². The zero-order valence-electron chi connectivity index (χ0n) is 8.42. The Bertz CT molecular complexity index is 420. The number of aliphatic hydroxyl groups is 1.